The number of aromatic nitrogens is 3. The van der Waals surface area contributed by atoms with Gasteiger partial charge in [-0.15, -0.1) is 0 Å². The van der Waals surface area contributed by atoms with E-state index < -0.39 is 0 Å². The Morgan fingerprint density at radius 2 is 2.20 bits per heavy atom. The van der Waals surface area contributed by atoms with Gasteiger partial charge in [-0.05, 0) is 30.0 Å². The van der Waals surface area contributed by atoms with Gasteiger partial charge in [0.05, 0.1) is 6.20 Å². The molecule has 0 aliphatic heterocycles. The first-order valence-electron chi connectivity index (χ1n) is 4.91. The van der Waals surface area contributed by atoms with Gasteiger partial charge in [0.1, 0.15) is 0 Å². The Hall–Kier alpha value is -1.84. The van der Waals surface area contributed by atoms with Crippen molar-refractivity contribution in [3.05, 3.63) is 42.0 Å². The van der Waals surface area contributed by atoms with E-state index in [1.165, 1.54) is 5.56 Å². The largest absolute Gasteiger partial charge is 0.398 e. The van der Waals surface area contributed by atoms with Crippen molar-refractivity contribution in [2.45, 2.75) is 12.8 Å². The number of pyridine rings is 1. The normalized spacial score (nSPS) is 10.5. The summed E-state index contributed by atoms with van der Waals surface area (Å²) >= 11 is 0. The van der Waals surface area contributed by atoms with Crippen molar-refractivity contribution in [2.24, 2.45) is 7.05 Å². The molecule has 15 heavy (non-hydrogen) atoms. The molecule has 78 valence electrons. The van der Waals surface area contributed by atoms with Crippen LogP contribution in [0.4, 0.5) is 5.69 Å². The van der Waals surface area contributed by atoms with Gasteiger partial charge in [-0.3, -0.25) is 9.67 Å². The van der Waals surface area contributed by atoms with Crippen LogP contribution in [0.3, 0.4) is 0 Å². The molecule has 2 heterocycles. The SMILES string of the molecule is Cn1cc(CCc2cnccc2N)cn1. The summed E-state index contributed by atoms with van der Waals surface area (Å²) < 4.78 is 1.81. The highest BCUT2D eigenvalue weighted by Gasteiger charge is 2.01. The Labute approximate surface area is 88.8 Å². The lowest BCUT2D eigenvalue weighted by molar-refractivity contribution is 0.766. The van der Waals surface area contributed by atoms with E-state index in [-0.39, 0.29) is 0 Å². The van der Waals surface area contributed by atoms with Crippen molar-refractivity contribution in [3.8, 4) is 0 Å². The lowest BCUT2D eigenvalue weighted by Gasteiger charge is -2.02. The Morgan fingerprint density at radius 1 is 1.33 bits per heavy atom. The first kappa shape index (κ1) is 9.71. The van der Waals surface area contributed by atoms with Crippen LogP contribution in [0.15, 0.2) is 30.9 Å². The average molecular weight is 202 g/mol. The molecule has 2 aromatic rings. The van der Waals surface area contributed by atoms with Crippen molar-refractivity contribution in [1.29, 1.82) is 0 Å². The number of rotatable bonds is 3. The average Bonchev–Trinajstić information content (AvgIpc) is 2.63. The number of hydrogen-bond donors (Lipinski definition) is 1. The maximum Gasteiger partial charge on any atom is 0.0521 e. The van der Waals surface area contributed by atoms with E-state index in [1.54, 1.807) is 6.20 Å². The summed E-state index contributed by atoms with van der Waals surface area (Å²) in [6.45, 7) is 0. The third-order valence-electron chi connectivity index (χ3n) is 2.38. The minimum absolute atomic E-state index is 0.814. The highest BCUT2D eigenvalue weighted by Crippen LogP contribution is 2.12. The topological polar surface area (TPSA) is 56.7 Å². The predicted octanol–water partition coefficient (Wildman–Crippen LogP) is 1.18. The van der Waals surface area contributed by atoms with Crippen molar-refractivity contribution in [3.63, 3.8) is 0 Å². The lowest BCUT2D eigenvalue weighted by atomic mass is 10.1. The van der Waals surface area contributed by atoms with E-state index in [9.17, 15) is 0 Å². The molecule has 0 aliphatic rings. The fourth-order valence-electron chi connectivity index (χ4n) is 1.53. The number of nitrogens with two attached hydrogens (primary N) is 1. The second-order valence-corrected chi connectivity index (χ2v) is 3.60. The van der Waals surface area contributed by atoms with Crippen LogP contribution in [-0.4, -0.2) is 14.8 Å². The van der Waals surface area contributed by atoms with Crippen molar-refractivity contribution in [2.75, 3.05) is 5.73 Å². The van der Waals surface area contributed by atoms with Gasteiger partial charge in [0, 0.05) is 31.3 Å². The number of nitrogen functional groups attached to an aromatic ring is 1. The van der Waals surface area contributed by atoms with Crippen LogP contribution in [0.5, 0.6) is 0 Å². The van der Waals surface area contributed by atoms with Crippen molar-refractivity contribution < 1.29 is 0 Å². The standard InChI is InChI=1S/C11H14N4/c1-15-8-9(6-14-15)2-3-10-7-13-5-4-11(10)12/h4-8H,2-3H2,1H3,(H2,12,13). The number of hydrogen-bond acceptors (Lipinski definition) is 3. The fraction of sp³-hybridized carbons (Fsp3) is 0.273. The molecular formula is C11H14N4. The van der Waals surface area contributed by atoms with Gasteiger partial charge in [0.2, 0.25) is 0 Å². The molecule has 0 saturated heterocycles. The van der Waals surface area contributed by atoms with Crippen LogP contribution in [0.2, 0.25) is 0 Å². The second kappa shape index (κ2) is 4.13. The summed E-state index contributed by atoms with van der Waals surface area (Å²) in [7, 11) is 1.92. The first-order valence-corrected chi connectivity index (χ1v) is 4.91. The first-order chi connectivity index (χ1) is 7.25. The fourth-order valence-corrected chi connectivity index (χ4v) is 1.53. The summed E-state index contributed by atoms with van der Waals surface area (Å²) in [5.74, 6) is 0. The van der Waals surface area contributed by atoms with E-state index >= 15 is 0 Å². The molecule has 0 amide bonds. The van der Waals surface area contributed by atoms with E-state index in [4.69, 9.17) is 5.73 Å². The van der Waals surface area contributed by atoms with Crippen LogP contribution in [0, 0.1) is 0 Å². The zero-order valence-corrected chi connectivity index (χ0v) is 8.72. The Bertz CT molecular complexity index is 447. The Morgan fingerprint density at radius 3 is 2.87 bits per heavy atom. The van der Waals surface area contributed by atoms with E-state index in [1.807, 2.05) is 36.4 Å². The van der Waals surface area contributed by atoms with Gasteiger partial charge in [0.25, 0.3) is 0 Å². The monoisotopic (exact) mass is 202 g/mol. The van der Waals surface area contributed by atoms with Crippen LogP contribution in [-0.2, 0) is 19.9 Å². The van der Waals surface area contributed by atoms with E-state index in [2.05, 4.69) is 10.1 Å². The zero-order chi connectivity index (χ0) is 10.7. The van der Waals surface area contributed by atoms with E-state index in [0.717, 1.165) is 24.1 Å². The molecule has 4 nitrogen and oxygen atoms in total. The summed E-state index contributed by atoms with van der Waals surface area (Å²) in [5, 5.41) is 4.12. The molecule has 0 aliphatic carbocycles. The van der Waals surface area contributed by atoms with E-state index in [0.29, 0.717) is 0 Å². The number of aryl methyl sites for hydroxylation is 3. The molecule has 2 aromatic heterocycles. The third-order valence-corrected chi connectivity index (χ3v) is 2.38. The van der Waals surface area contributed by atoms with Crippen LogP contribution >= 0.6 is 0 Å². The van der Waals surface area contributed by atoms with Gasteiger partial charge in [-0.2, -0.15) is 5.10 Å². The van der Waals surface area contributed by atoms with Gasteiger partial charge in [0.15, 0.2) is 0 Å². The second-order valence-electron chi connectivity index (χ2n) is 3.60. The molecular weight excluding hydrogens is 188 g/mol. The Balaban J connectivity index is 2.02. The summed E-state index contributed by atoms with van der Waals surface area (Å²) in [6, 6.07) is 1.83. The molecule has 0 radical (unpaired) electrons. The lowest BCUT2D eigenvalue weighted by Crippen LogP contribution is -1.97. The molecule has 2 rings (SSSR count). The van der Waals surface area contributed by atoms with Gasteiger partial charge in [-0.1, -0.05) is 0 Å². The highest BCUT2D eigenvalue weighted by molar-refractivity contribution is 5.44. The maximum absolute atomic E-state index is 5.83. The third kappa shape index (κ3) is 2.34. The number of anilines is 1. The van der Waals surface area contributed by atoms with Gasteiger partial charge in [-0.25, -0.2) is 0 Å². The quantitative estimate of drug-likeness (QED) is 0.813. The molecule has 0 fully saturated rings. The summed E-state index contributed by atoms with van der Waals surface area (Å²) in [5.41, 5.74) is 8.96. The predicted molar refractivity (Wildman–Crippen MR) is 59.3 cm³/mol. The van der Waals surface area contributed by atoms with Crippen molar-refractivity contribution >= 4 is 5.69 Å². The molecule has 0 unspecified atom stereocenters. The molecule has 0 aromatic carbocycles. The van der Waals surface area contributed by atoms with Crippen LogP contribution < -0.4 is 5.73 Å². The molecule has 0 saturated carbocycles. The van der Waals surface area contributed by atoms with Crippen LogP contribution in [0.25, 0.3) is 0 Å². The zero-order valence-electron chi connectivity index (χ0n) is 8.72. The summed E-state index contributed by atoms with van der Waals surface area (Å²) in [4.78, 5) is 4.06. The minimum atomic E-state index is 0.814. The van der Waals surface area contributed by atoms with Crippen LogP contribution in [0.1, 0.15) is 11.1 Å². The van der Waals surface area contributed by atoms with Crippen molar-refractivity contribution in [1.82, 2.24) is 14.8 Å². The van der Waals surface area contributed by atoms with Gasteiger partial charge >= 0.3 is 0 Å². The molecule has 2 N–H and O–H groups in total. The number of nitrogens with zero attached hydrogens (tertiary/aromatic N) is 3. The summed E-state index contributed by atoms with van der Waals surface area (Å²) in [6.07, 6.45) is 9.29. The maximum atomic E-state index is 5.83. The Kier molecular flexibility index (Phi) is 2.67. The minimum Gasteiger partial charge on any atom is -0.398 e. The van der Waals surface area contributed by atoms with Gasteiger partial charge < -0.3 is 5.73 Å². The molecule has 0 bridgehead atoms. The molecule has 0 atom stereocenters. The highest BCUT2D eigenvalue weighted by atomic mass is 15.2. The molecule has 0 spiro atoms. The molecule has 4 heteroatoms. The smallest absolute Gasteiger partial charge is 0.0521 e.